The Bertz CT molecular complexity index is 384. The minimum absolute atomic E-state index is 0.280. The van der Waals surface area contributed by atoms with Crippen LogP contribution in [0.1, 0.15) is 45.4 Å². The van der Waals surface area contributed by atoms with E-state index in [1.807, 2.05) is 6.07 Å². The van der Waals surface area contributed by atoms with Gasteiger partial charge in [-0.3, -0.25) is 0 Å². The van der Waals surface area contributed by atoms with Crippen molar-refractivity contribution in [1.29, 1.82) is 0 Å². The molecule has 1 aromatic heterocycles. The Morgan fingerprint density at radius 3 is 2.65 bits per heavy atom. The van der Waals surface area contributed by atoms with Gasteiger partial charge in [-0.15, -0.1) is 0 Å². The molecule has 0 aliphatic rings. The zero-order chi connectivity index (χ0) is 14.8. The molecule has 0 fully saturated rings. The first kappa shape index (κ1) is 16.7. The second-order valence-electron chi connectivity index (χ2n) is 5.01. The Kier molecular flexibility index (Phi) is 7.95. The summed E-state index contributed by atoms with van der Waals surface area (Å²) < 4.78 is 0. The van der Waals surface area contributed by atoms with Crippen LogP contribution in [0.2, 0.25) is 0 Å². The van der Waals surface area contributed by atoms with E-state index in [0.717, 1.165) is 62.7 Å². The van der Waals surface area contributed by atoms with E-state index in [1.54, 1.807) is 0 Å². The molecule has 5 heteroatoms. The number of anilines is 2. The van der Waals surface area contributed by atoms with Crippen LogP contribution in [0.15, 0.2) is 6.07 Å². The minimum atomic E-state index is 0.280. The summed E-state index contributed by atoms with van der Waals surface area (Å²) in [5.74, 6) is 2.76. The molecule has 5 nitrogen and oxygen atoms in total. The lowest BCUT2D eigenvalue weighted by Crippen LogP contribution is -2.21. The van der Waals surface area contributed by atoms with Crippen molar-refractivity contribution < 1.29 is 5.11 Å². The predicted molar refractivity (Wildman–Crippen MR) is 84.4 cm³/mol. The predicted octanol–water partition coefficient (Wildman–Crippen LogP) is 2.46. The van der Waals surface area contributed by atoms with E-state index < -0.39 is 0 Å². The Labute approximate surface area is 122 Å². The summed E-state index contributed by atoms with van der Waals surface area (Å²) in [6.45, 7) is 6.38. The van der Waals surface area contributed by atoms with Crippen LogP contribution in [0.5, 0.6) is 0 Å². The van der Waals surface area contributed by atoms with Crippen molar-refractivity contribution in [3.8, 4) is 0 Å². The first-order valence-corrected chi connectivity index (χ1v) is 7.65. The second-order valence-corrected chi connectivity index (χ2v) is 5.01. The summed E-state index contributed by atoms with van der Waals surface area (Å²) in [5.41, 5.74) is 0. The van der Waals surface area contributed by atoms with Crippen LogP contribution in [-0.4, -0.2) is 41.8 Å². The van der Waals surface area contributed by atoms with E-state index in [4.69, 9.17) is 5.11 Å². The lowest BCUT2D eigenvalue weighted by atomic mass is 10.2. The Morgan fingerprint density at radius 2 is 2.00 bits per heavy atom. The molecule has 0 spiro atoms. The van der Waals surface area contributed by atoms with E-state index in [1.165, 1.54) is 0 Å². The highest BCUT2D eigenvalue weighted by Gasteiger charge is 2.07. The largest absolute Gasteiger partial charge is 0.396 e. The van der Waals surface area contributed by atoms with E-state index in [2.05, 4.69) is 41.1 Å². The topological polar surface area (TPSA) is 61.3 Å². The summed E-state index contributed by atoms with van der Waals surface area (Å²) in [6.07, 6.45) is 4.92. The van der Waals surface area contributed by atoms with Gasteiger partial charge in [0, 0.05) is 39.2 Å². The third-order valence-corrected chi connectivity index (χ3v) is 3.17. The summed E-state index contributed by atoms with van der Waals surface area (Å²) in [7, 11) is 2.06. The van der Waals surface area contributed by atoms with Crippen LogP contribution in [0, 0.1) is 0 Å². The van der Waals surface area contributed by atoms with Crippen molar-refractivity contribution >= 4 is 11.6 Å². The van der Waals surface area contributed by atoms with E-state index >= 15 is 0 Å². The van der Waals surface area contributed by atoms with Gasteiger partial charge >= 0.3 is 0 Å². The van der Waals surface area contributed by atoms with Crippen LogP contribution >= 0.6 is 0 Å². The maximum Gasteiger partial charge on any atom is 0.134 e. The number of hydrogen-bond donors (Lipinski definition) is 2. The molecule has 0 saturated heterocycles. The molecule has 0 saturated carbocycles. The molecular formula is C15H28N4O. The molecule has 0 aromatic carbocycles. The fraction of sp³-hybridized carbons (Fsp3) is 0.733. The molecule has 114 valence electrons. The monoisotopic (exact) mass is 280 g/mol. The van der Waals surface area contributed by atoms with Crippen molar-refractivity contribution in [3.05, 3.63) is 11.9 Å². The fourth-order valence-electron chi connectivity index (χ4n) is 1.93. The third kappa shape index (κ3) is 5.74. The molecule has 1 heterocycles. The molecule has 0 amide bonds. The van der Waals surface area contributed by atoms with Crippen molar-refractivity contribution in [2.45, 2.75) is 46.0 Å². The highest BCUT2D eigenvalue weighted by molar-refractivity contribution is 5.49. The van der Waals surface area contributed by atoms with Gasteiger partial charge in [0.2, 0.25) is 0 Å². The standard InChI is InChI=1S/C15H28N4O/c1-4-9-16-14-12-15(18-13(5-2)17-14)19(3)10-7-6-8-11-20/h12,20H,4-11H2,1-3H3,(H,16,17,18). The second kappa shape index (κ2) is 9.53. The lowest BCUT2D eigenvalue weighted by Gasteiger charge is -2.19. The average molecular weight is 280 g/mol. The average Bonchev–Trinajstić information content (AvgIpc) is 2.48. The summed E-state index contributed by atoms with van der Waals surface area (Å²) in [5, 5.41) is 12.1. The van der Waals surface area contributed by atoms with Crippen LogP contribution in [0.4, 0.5) is 11.6 Å². The normalized spacial score (nSPS) is 10.6. The number of nitrogens with one attached hydrogen (secondary N) is 1. The first-order chi connectivity index (χ1) is 9.71. The Hall–Kier alpha value is -1.36. The lowest BCUT2D eigenvalue weighted by molar-refractivity contribution is 0.283. The molecular weight excluding hydrogens is 252 g/mol. The van der Waals surface area contributed by atoms with E-state index in [0.29, 0.717) is 0 Å². The zero-order valence-corrected chi connectivity index (χ0v) is 13.0. The van der Waals surface area contributed by atoms with Gasteiger partial charge in [0.05, 0.1) is 0 Å². The number of aryl methyl sites for hydroxylation is 1. The highest BCUT2D eigenvalue weighted by Crippen LogP contribution is 2.16. The quantitative estimate of drug-likeness (QED) is 0.645. The van der Waals surface area contributed by atoms with Gasteiger partial charge in [-0.25, -0.2) is 9.97 Å². The third-order valence-electron chi connectivity index (χ3n) is 3.17. The number of aliphatic hydroxyl groups is 1. The van der Waals surface area contributed by atoms with Crippen molar-refractivity contribution in [2.75, 3.05) is 37.0 Å². The number of nitrogens with zero attached hydrogens (tertiary/aromatic N) is 3. The Morgan fingerprint density at radius 1 is 1.20 bits per heavy atom. The maximum absolute atomic E-state index is 8.79. The SMILES string of the molecule is CCCNc1cc(N(C)CCCCCO)nc(CC)n1. The highest BCUT2D eigenvalue weighted by atomic mass is 16.2. The van der Waals surface area contributed by atoms with Crippen molar-refractivity contribution in [1.82, 2.24) is 9.97 Å². The van der Waals surface area contributed by atoms with E-state index in [9.17, 15) is 0 Å². The molecule has 0 aliphatic heterocycles. The van der Waals surface area contributed by atoms with Crippen molar-refractivity contribution in [3.63, 3.8) is 0 Å². The van der Waals surface area contributed by atoms with Gasteiger partial charge < -0.3 is 15.3 Å². The van der Waals surface area contributed by atoms with Crippen LogP contribution in [0.25, 0.3) is 0 Å². The molecule has 0 radical (unpaired) electrons. The van der Waals surface area contributed by atoms with Crippen LogP contribution in [-0.2, 0) is 6.42 Å². The van der Waals surface area contributed by atoms with Crippen molar-refractivity contribution in [2.24, 2.45) is 0 Å². The molecule has 0 bridgehead atoms. The number of hydrogen-bond acceptors (Lipinski definition) is 5. The fourth-order valence-corrected chi connectivity index (χ4v) is 1.93. The molecule has 0 unspecified atom stereocenters. The Balaban J connectivity index is 2.66. The summed E-state index contributed by atoms with van der Waals surface area (Å²) in [6, 6.07) is 2.01. The smallest absolute Gasteiger partial charge is 0.134 e. The number of aliphatic hydroxyl groups excluding tert-OH is 1. The van der Waals surface area contributed by atoms with E-state index in [-0.39, 0.29) is 6.61 Å². The van der Waals surface area contributed by atoms with Gasteiger partial charge in [0.15, 0.2) is 0 Å². The van der Waals surface area contributed by atoms with Gasteiger partial charge in [0.1, 0.15) is 17.5 Å². The molecule has 0 atom stereocenters. The van der Waals surface area contributed by atoms with Gasteiger partial charge in [0.25, 0.3) is 0 Å². The minimum Gasteiger partial charge on any atom is -0.396 e. The van der Waals surface area contributed by atoms with Crippen LogP contribution in [0.3, 0.4) is 0 Å². The van der Waals surface area contributed by atoms with Gasteiger partial charge in [-0.1, -0.05) is 13.8 Å². The number of rotatable bonds is 10. The number of aromatic nitrogens is 2. The number of unbranched alkanes of at least 4 members (excludes halogenated alkanes) is 2. The maximum atomic E-state index is 8.79. The van der Waals surface area contributed by atoms with Gasteiger partial charge in [-0.2, -0.15) is 0 Å². The molecule has 20 heavy (non-hydrogen) atoms. The van der Waals surface area contributed by atoms with Gasteiger partial charge in [-0.05, 0) is 25.7 Å². The first-order valence-electron chi connectivity index (χ1n) is 7.65. The molecule has 1 aromatic rings. The zero-order valence-electron chi connectivity index (χ0n) is 13.0. The summed E-state index contributed by atoms with van der Waals surface area (Å²) >= 11 is 0. The van der Waals surface area contributed by atoms with Crippen LogP contribution < -0.4 is 10.2 Å². The molecule has 0 aliphatic carbocycles. The molecule has 1 rings (SSSR count). The molecule has 2 N–H and O–H groups in total. The summed E-state index contributed by atoms with van der Waals surface area (Å²) in [4.78, 5) is 11.2.